The standard InChI is InChI=1S/C24H34FN5.HI/c1-26-24(28-16-21-10-11-23(25)22(14-21)18-29(2)3)27-15-19-6-8-20(9-7-19)17-30-12-4-5-13-30;/h6-11,14H,4-5,12-13,15-18H2,1-3H3,(H2,26,27,28);1H. The normalized spacial score (nSPS) is 14.5. The van der Waals surface area contributed by atoms with Crippen molar-refractivity contribution in [2.24, 2.45) is 4.99 Å². The number of nitrogens with one attached hydrogen (secondary N) is 2. The van der Waals surface area contributed by atoms with Gasteiger partial charge >= 0.3 is 0 Å². The smallest absolute Gasteiger partial charge is 0.191 e. The van der Waals surface area contributed by atoms with E-state index in [2.05, 4.69) is 44.8 Å². The molecule has 0 saturated carbocycles. The molecule has 3 rings (SSSR count). The molecule has 0 spiro atoms. The van der Waals surface area contributed by atoms with Gasteiger partial charge in [-0.15, -0.1) is 24.0 Å². The van der Waals surface area contributed by atoms with Crippen molar-refractivity contribution >= 4 is 29.9 Å². The van der Waals surface area contributed by atoms with Gasteiger partial charge in [-0.25, -0.2) is 4.39 Å². The highest BCUT2D eigenvalue weighted by Crippen LogP contribution is 2.14. The fourth-order valence-corrected chi connectivity index (χ4v) is 3.75. The summed E-state index contributed by atoms with van der Waals surface area (Å²) in [6.07, 6.45) is 2.64. The summed E-state index contributed by atoms with van der Waals surface area (Å²) in [6.45, 7) is 5.37. The first-order valence-corrected chi connectivity index (χ1v) is 10.7. The van der Waals surface area contributed by atoms with Crippen LogP contribution in [0.2, 0.25) is 0 Å². The minimum Gasteiger partial charge on any atom is -0.352 e. The van der Waals surface area contributed by atoms with Crippen LogP contribution in [0.3, 0.4) is 0 Å². The molecule has 1 saturated heterocycles. The van der Waals surface area contributed by atoms with E-state index in [1.54, 1.807) is 7.05 Å². The number of aliphatic imine (C=N–C) groups is 1. The number of hydrogen-bond acceptors (Lipinski definition) is 3. The van der Waals surface area contributed by atoms with Gasteiger partial charge in [0, 0.05) is 38.8 Å². The SMILES string of the molecule is CN=C(NCc1ccc(CN2CCCC2)cc1)NCc1ccc(F)c(CN(C)C)c1.I. The summed E-state index contributed by atoms with van der Waals surface area (Å²) in [5, 5.41) is 6.66. The van der Waals surface area contributed by atoms with Gasteiger partial charge in [-0.1, -0.05) is 30.3 Å². The van der Waals surface area contributed by atoms with E-state index in [4.69, 9.17) is 0 Å². The molecule has 1 aliphatic heterocycles. The van der Waals surface area contributed by atoms with Crippen molar-refractivity contribution in [2.75, 3.05) is 34.2 Å². The van der Waals surface area contributed by atoms with E-state index < -0.39 is 0 Å². The second-order valence-electron chi connectivity index (χ2n) is 8.24. The molecule has 1 heterocycles. The van der Waals surface area contributed by atoms with Gasteiger partial charge in [0.2, 0.25) is 0 Å². The van der Waals surface area contributed by atoms with E-state index in [0.717, 1.165) is 18.1 Å². The van der Waals surface area contributed by atoms with E-state index in [9.17, 15) is 4.39 Å². The second-order valence-corrected chi connectivity index (χ2v) is 8.24. The van der Waals surface area contributed by atoms with Gasteiger partial charge < -0.3 is 15.5 Å². The van der Waals surface area contributed by atoms with E-state index in [-0.39, 0.29) is 29.8 Å². The van der Waals surface area contributed by atoms with Gasteiger partial charge in [-0.3, -0.25) is 9.89 Å². The Kier molecular flexibility index (Phi) is 10.7. The first kappa shape index (κ1) is 25.5. The lowest BCUT2D eigenvalue weighted by Crippen LogP contribution is -2.36. The third-order valence-electron chi connectivity index (χ3n) is 5.37. The summed E-state index contributed by atoms with van der Waals surface area (Å²) in [5.74, 6) is 0.567. The third kappa shape index (κ3) is 8.38. The average Bonchev–Trinajstić information content (AvgIpc) is 3.24. The van der Waals surface area contributed by atoms with Crippen molar-refractivity contribution in [3.05, 3.63) is 70.5 Å². The molecule has 170 valence electrons. The number of nitrogens with zero attached hydrogens (tertiary/aromatic N) is 3. The third-order valence-corrected chi connectivity index (χ3v) is 5.37. The quantitative estimate of drug-likeness (QED) is 0.303. The van der Waals surface area contributed by atoms with Crippen molar-refractivity contribution in [1.82, 2.24) is 20.4 Å². The minimum absolute atomic E-state index is 0. The summed E-state index contributed by atoms with van der Waals surface area (Å²) in [4.78, 5) is 8.78. The molecule has 2 aromatic carbocycles. The molecule has 7 heteroatoms. The fraction of sp³-hybridized carbons (Fsp3) is 0.458. The van der Waals surface area contributed by atoms with Crippen LogP contribution in [0.5, 0.6) is 0 Å². The fourth-order valence-electron chi connectivity index (χ4n) is 3.75. The second kappa shape index (κ2) is 13.0. The van der Waals surface area contributed by atoms with Crippen LogP contribution in [0.15, 0.2) is 47.5 Å². The first-order chi connectivity index (χ1) is 14.5. The molecule has 31 heavy (non-hydrogen) atoms. The van der Waals surface area contributed by atoms with Crippen molar-refractivity contribution in [3.63, 3.8) is 0 Å². The van der Waals surface area contributed by atoms with Gasteiger partial charge in [0.15, 0.2) is 5.96 Å². The topological polar surface area (TPSA) is 42.9 Å². The Morgan fingerprint density at radius 1 is 0.968 bits per heavy atom. The minimum atomic E-state index is -0.164. The lowest BCUT2D eigenvalue weighted by atomic mass is 10.1. The van der Waals surface area contributed by atoms with Crippen molar-refractivity contribution in [1.29, 1.82) is 0 Å². The molecule has 0 atom stereocenters. The molecule has 0 radical (unpaired) electrons. The molecule has 0 aliphatic carbocycles. The van der Waals surface area contributed by atoms with Gasteiger partial charge in [0.05, 0.1) is 0 Å². The van der Waals surface area contributed by atoms with Crippen LogP contribution in [-0.2, 0) is 26.2 Å². The molecule has 0 unspecified atom stereocenters. The van der Waals surface area contributed by atoms with Crippen LogP contribution in [0.4, 0.5) is 4.39 Å². The van der Waals surface area contributed by atoms with Gasteiger partial charge in [-0.2, -0.15) is 0 Å². The Morgan fingerprint density at radius 3 is 2.16 bits per heavy atom. The molecule has 1 fully saturated rings. The van der Waals surface area contributed by atoms with E-state index >= 15 is 0 Å². The monoisotopic (exact) mass is 539 g/mol. The summed E-state index contributed by atoms with van der Waals surface area (Å²) in [5.41, 5.74) is 4.32. The number of guanidine groups is 1. The van der Waals surface area contributed by atoms with Crippen molar-refractivity contribution in [3.8, 4) is 0 Å². The van der Waals surface area contributed by atoms with Crippen LogP contribution in [0, 0.1) is 5.82 Å². The van der Waals surface area contributed by atoms with Crippen molar-refractivity contribution in [2.45, 2.75) is 39.0 Å². The Labute approximate surface area is 203 Å². The van der Waals surface area contributed by atoms with Gasteiger partial charge in [0.1, 0.15) is 5.82 Å². The van der Waals surface area contributed by atoms with Crippen LogP contribution < -0.4 is 10.6 Å². The van der Waals surface area contributed by atoms with E-state index in [1.807, 2.05) is 31.1 Å². The molecule has 0 aromatic heterocycles. The number of halogens is 2. The summed E-state index contributed by atoms with van der Waals surface area (Å²) in [6, 6.07) is 14.1. The summed E-state index contributed by atoms with van der Waals surface area (Å²) >= 11 is 0. The maximum atomic E-state index is 14.0. The number of hydrogen-bond donors (Lipinski definition) is 2. The Hall–Kier alpha value is -1.71. The Morgan fingerprint density at radius 2 is 1.55 bits per heavy atom. The average molecular weight is 539 g/mol. The predicted octanol–water partition coefficient (Wildman–Crippen LogP) is 3.97. The number of rotatable bonds is 8. The molecular formula is C24H35FIN5. The lowest BCUT2D eigenvalue weighted by Gasteiger charge is -2.16. The maximum Gasteiger partial charge on any atom is 0.191 e. The molecule has 2 aromatic rings. The Balaban J connectivity index is 0.00000341. The van der Waals surface area contributed by atoms with Crippen LogP contribution >= 0.6 is 24.0 Å². The van der Waals surface area contributed by atoms with Gasteiger partial charge in [0.25, 0.3) is 0 Å². The molecular weight excluding hydrogens is 504 g/mol. The lowest BCUT2D eigenvalue weighted by molar-refractivity contribution is 0.331. The van der Waals surface area contributed by atoms with Gasteiger partial charge in [-0.05, 0) is 68.8 Å². The molecule has 5 nitrogen and oxygen atoms in total. The molecule has 2 N–H and O–H groups in total. The number of likely N-dealkylation sites (tertiary alicyclic amines) is 1. The predicted molar refractivity (Wildman–Crippen MR) is 137 cm³/mol. The zero-order valence-electron chi connectivity index (χ0n) is 18.8. The van der Waals surface area contributed by atoms with Crippen LogP contribution in [0.1, 0.15) is 35.1 Å². The molecule has 1 aliphatic rings. The summed E-state index contributed by atoms with van der Waals surface area (Å²) < 4.78 is 14.0. The van der Waals surface area contributed by atoms with Crippen molar-refractivity contribution < 1.29 is 4.39 Å². The Bertz CT molecular complexity index is 832. The maximum absolute atomic E-state index is 14.0. The first-order valence-electron chi connectivity index (χ1n) is 10.7. The molecule has 0 bridgehead atoms. The highest BCUT2D eigenvalue weighted by molar-refractivity contribution is 14.0. The number of benzene rings is 2. The molecule has 0 amide bonds. The van der Waals surface area contributed by atoms with Crippen LogP contribution in [-0.4, -0.2) is 50.0 Å². The highest BCUT2D eigenvalue weighted by atomic mass is 127. The summed E-state index contributed by atoms with van der Waals surface area (Å²) in [7, 11) is 5.64. The largest absolute Gasteiger partial charge is 0.352 e. The zero-order valence-corrected chi connectivity index (χ0v) is 21.2. The van der Waals surface area contributed by atoms with E-state index in [1.165, 1.54) is 43.1 Å². The zero-order chi connectivity index (χ0) is 21.3. The highest BCUT2D eigenvalue weighted by Gasteiger charge is 2.11. The van der Waals surface area contributed by atoms with E-state index in [0.29, 0.717) is 25.2 Å². The van der Waals surface area contributed by atoms with Crippen LogP contribution in [0.25, 0.3) is 0 Å².